The molecule has 1 N–H and O–H groups in total. The molecule has 1 aliphatic heterocycles. The zero-order valence-electron chi connectivity index (χ0n) is 12.3. The molecule has 1 aromatic carbocycles. The van der Waals surface area contributed by atoms with E-state index in [2.05, 4.69) is 57.3 Å². The Balaban J connectivity index is 1.48. The van der Waals surface area contributed by atoms with Gasteiger partial charge in [0.05, 0.1) is 0 Å². The highest BCUT2D eigenvalue weighted by atomic mass is 79.9. The summed E-state index contributed by atoms with van der Waals surface area (Å²) < 4.78 is 1.28. The molecule has 1 heterocycles. The Morgan fingerprint density at radius 3 is 2.80 bits per heavy atom. The molecule has 20 heavy (non-hydrogen) atoms. The zero-order chi connectivity index (χ0) is 13.9. The standard InChI is InChI=1S/C17H25BrN2/c1-2-20-9-5-6-14(12-20)19-15-10-13(11-15)16-7-3-4-8-17(16)18/h3-4,7-8,13-15,19H,2,5-6,9-12H2,1H3. The summed E-state index contributed by atoms with van der Waals surface area (Å²) in [6.45, 7) is 6.00. The van der Waals surface area contributed by atoms with E-state index in [0.29, 0.717) is 6.04 Å². The highest BCUT2D eigenvalue weighted by molar-refractivity contribution is 9.10. The van der Waals surface area contributed by atoms with Crippen LogP contribution in [0.1, 0.15) is 44.1 Å². The second-order valence-electron chi connectivity index (χ2n) is 6.29. The van der Waals surface area contributed by atoms with Gasteiger partial charge in [-0.05, 0) is 56.3 Å². The lowest BCUT2D eigenvalue weighted by molar-refractivity contribution is 0.167. The zero-order valence-corrected chi connectivity index (χ0v) is 13.9. The largest absolute Gasteiger partial charge is 0.310 e. The van der Waals surface area contributed by atoms with Gasteiger partial charge in [0.15, 0.2) is 0 Å². The van der Waals surface area contributed by atoms with Crippen LogP contribution in [0.2, 0.25) is 0 Å². The molecule has 110 valence electrons. The van der Waals surface area contributed by atoms with Crippen molar-refractivity contribution < 1.29 is 0 Å². The Morgan fingerprint density at radius 1 is 1.25 bits per heavy atom. The Kier molecular flexibility index (Phi) is 4.79. The molecule has 2 fully saturated rings. The summed E-state index contributed by atoms with van der Waals surface area (Å²) in [6, 6.07) is 10.1. The van der Waals surface area contributed by atoms with Gasteiger partial charge in [0, 0.05) is 23.1 Å². The quantitative estimate of drug-likeness (QED) is 0.900. The van der Waals surface area contributed by atoms with Crippen molar-refractivity contribution in [1.82, 2.24) is 10.2 Å². The van der Waals surface area contributed by atoms with Crippen LogP contribution in [-0.2, 0) is 0 Å². The van der Waals surface area contributed by atoms with Crippen LogP contribution in [-0.4, -0.2) is 36.6 Å². The van der Waals surface area contributed by atoms with E-state index in [9.17, 15) is 0 Å². The summed E-state index contributed by atoms with van der Waals surface area (Å²) in [5, 5.41) is 3.88. The van der Waals surface area contributed by atoms with E-state index in [1.807, 2.05) is 0 Å². The first kappa shape index (κ1) is 14.6. The number of likely N-dealkylation sites (tertiary alicyclic amines) is 1. The minimum atomic E-state index is 0.717. The number of benzene rings is 1. The molecule has 1 atom stereocenters. The molecule has 1 aliphatic carbocycles. The van der Waals surface area contributed by atoms with Crippen molar-refractivity contribution in [3.8, 4) is 0 Å². The van der Waals surface area contributed by atoms with E-state index in [-0.39, 0.29) is 0 Å². The highest BCUT2D eigenvalue weighted by Gasteiger charge is 2.33. The molecule has 2 aliphatic rings. The first-order valence-electron chi connectivity index (χ1n) is 7.99. The van der Waals surface area contributed by atoms with E-state index in [1.165, 1.54) is 55.4 Å². The molecule has 0 amide bonds. The Bertz CT molecular complexity index is 442. The van der Waals surface area contributed by atoms with Gasteiger partial charge < -0.3 is 10.2 Å². The Labute approximate surface area is 131 Å². The van der Waals surface area contributed by atoms with Gasteiger partial charge in [-0.2, -0.15) is 0 Å². The van der Waals surface area contributed by atoms with Crippen LogP contribution in [0.25, 0.3) is 0 Å². The van der Waals surface area contributed by atoms with Crippen LogP contribution in [0.15, 0.2) is 28.7 Å². The van der Waals surface area contributed by atoms with Crippen molar-refractivity contribution in [2.45, 2.75) is 50.6 Å². The van der Waals surface area contributed by atoms with Gasteiger partial charge in [-0.1, -0.05) is 41.1 Å². The normalized spacial score (nSPS) is 31.0. The SMILES string of the molecule is CCN1CCCC(NC2CC(c3ccccc3Br)C2)C1. The highest BCUT2D eigenvalue weighted by Crippen LogP contribution is 2.40. The van der Waals surface area contributed by atoms with Gasteiger partial charge in [-0.25, -0.2) is 0 Å². The second-order valence-corrected chi connectivity index (χ2v) is 7.14. The molecule has 0 aromatic heterocycles. The lowest BCUT2D eigenvalue weighted by atomic mass is 9.75. The molecule has 0 bridgehead atoms. The fourth-order valence-corrected chi connectivity index (χ4v) is 4.23. The predicted molar refractivity (Wildman–Crippen MR) is 88.2 cm³/mol. The van der Waals surface area contributed by atoms with Crippen LogP contribution in [0, 0.1) is 0 Å². The minimum absolute atomic E-state index is 0.717. The maximum Gasteiger partial charge on any atom is 0.0210 e. The fourth-order valence-electron chi connectivity index (χ4n) is 3.63. The minimum Gasteiger partial charge on any atom is -0.310 e. The third kappa shape index (κ3) is 3.26. The average Bonchev–Trinajstić information content (AvgIpc) is 2.44. The number of hydrogen-bond acceptors (Lipinski definition) is 2. The molecule has 3 rings (SSSR count). The molecular formula is C17H25BrN2. The van der Waals surface area contributed by atoms with Crippen molar-refractivity contribution in [2.24, 2.45) is 0 Å². The van der Waals surface area contributed by atoms with Gasteiger partial charge >= 0.3 is 0 Å². The van der Waals surface area contributed by atoms with Crippen molar-refractivity contribution in [2.75, 3.05) is 19.6 Å². The first-order valence-corrected chi connectivity index (χ1v) is 8.78. The van der Waals surface area contributed by atoms with Crippen LogP contribution in [0.5, 0.6) is 0 Å². The summed E-state index contributed by atoms with van der Waals surface area (Å²) in [6.07, 6.45) is 5.30. The number of rotatable bonds is 4. The van der Waals surface area contributed by atoms with Crippen molar-refractivity contribution in [3.05, 3.63) is 34.3 Å². The molecule has 0 radical (unpaired) electrons. The first-order chi connectivity index (χ1) is 9.76. The van der Waals surface area contributed by atoms with E-state index in [1.54, 1.807) is 0 Å². The molecule has 3 heteroatoms. The van der Waals surface area contributed by atoms with E-state index < -0.39 is 0 Å². The lowest BCUT2D eigenvalue weighted by Crippen LogP contribution is -2.52. The molecule has 1 aromatic rings. The molecule has 0 spiro atoms. The third-order valence-corrected chi connectivity index (χ3v) is 5.63. The predicted octanol–water partition coefficient (Wildman–Crippen LogP) is 3.77. The van der Waals surface area contributed by atoms with Crippen LogP contribution < -0.4 is 5.32 Å². The van der Waals surface area contributed by atoms with Crippen LogP contribution in [0.3, 0.4) is 0 Å². The molecular weight excluding hydrogens is 312 g/mol. The van der Waals surface area contributed by atoms with Gasteiger partial charge in [-0.15, -0.1) is 0 Å². The van der Waals surface area contributed by atoms with Crippen LogP contribution >= 0.6 is 15.9 Å². The number of halogens is 1. The monoisotopic (exact) mass is 336 g/mol. The van der Waals surface area contributed by atoms with Gasteiger partial charge in [0.1, 0.15) is 0 Å². The van der Waals surface area contributed by atoms with E-state index >= 15 is 0 Å². The molecule has 1 saturated heterocycles. The van der Waals surface area contributed by atoms with Crippen molar-refractivity contribution in [1.29, 1.82) is 0 Å². The summed E-state index contributed by atoms with van der Waals surface area (Å²) >= 11 is 3.68. The maximum absolute atomic E-state index is 3.88. The number of likely N-dealkylation sites (N-methyl/N-ethyl adjacent to an activating group) is 1. The number of piperidine rings is 1. The number of nitrogens with zero attached hydrogens (tertiary/aromatic N) is 1. The number of hydrogen-bond donors (Lipinski definition) is 1. The Morgan fingerprint density at radius 2 is 2.05 bits per heavy atom. The number of nitrogens with one attached hydrogen (secondary N) is 1. The van der Waals surface area contributed by atoms with Crippen LogP contribution in [0.4, 0.5) is 0 Å². The molecule has 2 nitrogen and oxygen atoms in total. The van der Waals surface area contributed by atoms with E-state index in [4.69, 9.17) is 0 Å². The van der Waals surface area contributed by atoms with Crippen molar-refractivity contribution in [3.63, 3.8) is 0 Å². The molecule has 1 unspecified atom stereocenters. The topological polar surface area (TPSA) is 15.3 Å². The summed E-state index contributed by atoms with van der Waals surface area (Å²) in [5.74, 6) is 0.744. The second kappa shape index (κ2) is 6.59. The van der Waals surface area contributed by atoms with Gasteiger partial charge in [-0.3, -0.25) is 0 Å². The average molecular weight is 337 g/mol. The van der Waals surface area contributed by atoms with Gasteiger partial charge in [0.25, 0.3) is 0 Å². The van der Waals surface area contributed by atoms with Gasteiger partial charge in [0.2, 0.25) is 0 Å². The third-order valence-electron chi connectivity index (χ3n) is 4.91. The lowest BCUT2D eigenvalue weighted by Gasteiger charge is -2.41. The molecule has 1 saturated carbocycles. The van der Waals surface area contributed by atoms with E-state index in [0.717, 1.165) is 12.0 Å². The smallest absolute Gasteiger partial charge is 0.0210 e. The maximum atomic E-state index is 3.88. The fraction of sp³-hybridized carbons (Fsp3) is 0.647. The Hall–Kier alpha value is -0.380. The summed E-state index contributed by atoms with van der Waals surface area (Å²) in [4.78, 5) is 2.57. The van der Waals surface area contributed by atoms with Crippen molar-refractivity contribution >= 4 is 15.9 Å². The summed E-state index contributed by atoms with van der Waals surface area (Å²) in [5.41, 5.74) is 1.49. The summed E-state index contributed by atoms with van der Waals surface area (Å²) in [7, 11) is 0.